The Morgan fingerprint density at radius 3 is 2.38 bits per heavy atom. The molecule has 0 radical (unpaired) electrons. The molecular weight excluding hydrogens is 326 g/mol. The second kappa shape index (κ2) is 8.66. The monoisotopic (exact) mass is 347 g/mol. The van der Waals surface area contributed by atoms with Crippen molar-refractivity contribution in [2.75, 3.05) is 19.6 Å². The summed E-state index contributed by atoms with van der Waals surface area (Å²) in [6.45, 7) is 6.41. The molecule has 2 aromatic rings. The number of aromatic amines is 1. The zero-order chi connectivity index (χ0) is 17.5. The fourth-order valence-electron chi connectivity index (χ4n) is 2.65. The van der Waals surface area contributed by atoms with Gasteiger partial charge in [-0.15, -0.1) is 0 Å². The van der Waals surface area contributed by atoms with Crippen LogP contribution in [0.1, 0.15) is 35.8 Å². The molecule has 5 nitrogen and oxygen atoms in total. The van der Waals surface area contributed by atoms with Gasteiger partial charge < -0.3 is 10.3 Å². The van der Waals surface area contributed by atoms with E-state index in [9.17, 15) is 9.59 Å². The van der Waals surface area contributed by atoms with Gasteiger partial charge in [0.05, 0.1) is 11.6 Å². The number of carbonyl (C=O) groups is 1. The van der Waals surface area contributed by atoms with Crippen LogP contribution in [-0.2, 0) is 0 Å². The Kier molecular flexibility index (Phi) is 6.58. The van der Waals surface area contributed by atoms with Gasteiger partial charge in [-0.25, -0.2) is 0 Å². The largest absolute Gasteiger partial charge is 0.350 e. The third kappa shape index (κ3) is 4.69. The Labute approximate surface area is 146 Å². The summed E-state index contributed by atoms with van der Waals surface area (Å²) in [5.74, 6) is -0.211. The molecule has 0 spiro atoms. The normalized spacial score (nSPS) is 12.2. The minimum Gasteiger partial charge on any atom is -0.350 e. The Balaban J connectivity index is 2.13. The van der Waals surface area contributed by atoms with Gasteiger partial charge in [-0.1, -0.05) is 37.6 Å². The fraction of sp³-hybridized carbons (Fsp3) is 0.333. The van der Waals surface area contributed by atoms with Crippen LogP contribution in [0.25, 0.3) is 0 Å². The lowest BCUT2D eigenvalue weighted by Gasteiger charge is -2.30. The van der Waals surface area contributed by atoms with E-state index >= 15 is 0 Å². The first-order valence-electron chi connectivity index (χ1n) is 8.01. The number of hydrogen-bond acceptors (Lipinski definition) is 3. The number of pyridine rings is 1. The van der Waals surface area contributed by atoms with E-state index in [0.717, 1.165) is 18.7 Å². The number of nitrogens with one attached hydrogen (secondary N) is 2. The SMILES string of the molecule is CCN(CC)C(CNC(=O)c1ccc(=O)[nH]c1)c1ccc(Cl)cc1. The van der Waals surface area contributed by atoms with Crippen LogP contribution >= 0.6 is 11.6 Å². The molecule has 1 heterocycles. The van der Waals surface area contributed by atoms with Gasteiger partial charge in [-0.2, -0.15) is 0 Å². The Hall–Kier alpha value is -2.11. The van der Waals surface area contributed by atoms with Crippen molar-refractivity contribution in [2.45, 2.75) is 19.9 Å². The van der Waals surface area contributed by atoms with E-state index in [1.807, 2.05) is 24.3 Å². The molecule has 2 N–H and O–H groups in total. The molecule has 0 aliphatic heterocycles. The first-order chi connectivity index (χ1) is 11.5. The smallest absolute Gasteiger partial charge is 0.252 e. The molecule has 128 valence electrons. The molecule has 0 fully saturated rings. The van der Waals surface area contributed by atoms with Crippen LogP contribution in [0.3, 0.4) is 0 Å². The third-order valence-electron chi connectivity index (χ3n) is 4.01. The van der Waals surface area contributed by atoms with Crippen molar-refractivity contribution in [3.63, 3.8) is 0 Å². The highest BCUT2D eigenvalue weighted by atomic mass is 35.5. The van der Waals surface area contributed by atoms with Gasteiger partial charge in [0.2, 0.25) is 5.56 Å². The Morgan fingerprint density at radius 1 is 1.17 bits per heavy atom. The summed E-state index contributed by atoms with van der Waals surface area (Å²) in [4.78, 5) is 28.1. The summed E-state index contributed by atoms with van der Waals surface area (Å²) >= 11 is 5.97. The Morgan fingerprint density at radius 2 is 1.83 bits per heavy atom. The summed E-state index contributed by atoms with van der Waals surface area (Å²) in [5.41, 5.74) is 1.31. The topological polar surface area (TPSA) is 65.2 Å². The highest BCUT2D eigenvalue weighted by Crippen LogP contribution is 2.22. The van der Waals surface area contributed by atoms with E-state index in [4.69, 9.17) is 11.6 Å². The molecule has 0 saturated heterocycles. The average Bonchev–Trinajstić information content (AvgIpc) is 2.60. The minimum absolute atomic E-state index is 0.0592. The number of benzene rings is 1. The molecule has 24 heavy (non-hydrogen) atoms. The molecule has 1 atom stereocenters. The predicted molar refractivity (Wildman–Crippen MR) is 96.5 cm³/mol. The predicted octanol–water partition coefficient (Wildman–Crippen LogP) is 2.84. The first kappa shape index (κ1) is 18.2. The summed E-state index contributed by atoms with van der Waals surface area (Å²) < 4.78 is 0. The lowest BCUT2D eigenvalue weighted by molar-refractivity contribution is 0.0934. The molecular formula is C18H22ClN3O2. The second-order valence-electron chi connectivity index (χ2n) is 5.44. The van der Waals surface area contributed by atoms with Gasteiger partial charge in [-0.3, -0.25) is 14.5 Å². The number of H-pyrrole nitrogens is 1. The van der Waals surface area contributed by atoms with Gasteiger partial charge in [0.25, 0.3) is 5.91 Å². The van der Waals surface area contributed by atoms with Gasteiger partial charge in [0, 0.05) is 23.8 Å². The van der Waals surface area contributed by atoms with Crippen molar-refractivity contribution in [3.8, 4) is 0 Å². The van der Waals surface area contributed by atoms with E-state index in [1.165, 1.54) is 18.3 Å². The molecule has 6 heteroatoms. The number of aromatic nitrogens is 1. The zero-order valence-corrected chi connectivity index (χ0v) is 14.6. The molecule has 0 bridgehead atoms. The molecule has 1 aromatic heterocycles. The number of nitrogens with zero attached hydrogens (tertiary/aromatic N) is 1. The maximum Gasteiger partial charge on any atom is 0.252 e. The fourth-order valence-corrected chi connectivity index (χ4v) is 2.78. The molecule has 1 unspecified atom stereocenters. The second-order valence-corrected chi connectivity index (χ2v) is 5.88. The van der Waals surface area contributed by atoms with Gasteiger partial charge >= 0.3 is 0 Å². The molecule has 1 amide bonds. The summed E-state index contributed by atoms with van der Waals surface area (Å²) in [6, 6.07) is 10.6. The van der Waals surface area contributed by atoms with E-state index in [2.05, 4.69) is 29.0 Å². The van der Waals surface area contributed by atoms with Crippen molar-refractivity contribution in [3.05, 3.63) is 69.1 Å². The van der Waals surface area contributed by atoms with Crippen molar-refractivity contribution in [1.29, 1.82) is 0 Å². The minimum atomic E-state index is -0.228. The number of likely N-dealkylation sites (N-methyl/N-ethyl adjacent to an activating group) is 1. The number of carbonyl (C=O) groups excluding carboxylic acids is 1. The highest BCUT2D eigenvalue weighted by Gasteiger charge is 2.19. The van der Waals surface area contributed by atoms with E-state index in [1.54, 1.807) is 0 Å². The van der Waals surface area contributed by atoms with Crippen molar-refractivity contribution >= 4 is 17.5 Å². The number of halogens is 1. The third-order valence-corrected chi connectivity index (χ3v) is 4.26. The van der Waals surface area contributed by atoms with Crippen LogP contribution in [0, 0.1) is 0 Å². The van der Waals surface area contributed by atoms with Crippen molar-refractivity contribution < 1.29 is 4.79 Å². The average molecular weight is 348 g/mol. The summed E-state index contributed by atoms with van der Waals surface area (Å²) in [7, 11) is 0. The van der Waals surface area contributed by atoms with E-state index in [-0.39, 0.29) is 17.5 Å². The Bertz CT molecular complexity index is 703. The zero-order valence-electron chi connectivity index (χ0n) is 13.9. The van der Waals surface area contributed by atoms with E-state index in [0.29, 0.717) is 17.1 Å². The molecule has 2 rings (SSSR count). The van der Waals surface area contributed by atoms with Gasteiger partial charge in [-0.05, 0) is 36.9 Å². The lowest BCUT2D eigenvalue weighted by atomic mass is 10.0. The van der Waals surface area contributed by atoms with Crippen LogP contribution in [0.5, 0.6) is 0 Å². The van der Waals surface area contributed by atoms with Crippen LogP contribution in [0.15, 0.2) is 47.4 Å². The number of hydrogen-bond donors (Lipinski definition) is 2. The lowest BCUT2D eigenvalue weighted by Crippen LogP contribution is -2.38. The van der Waals surface area contributed by atoms with E-state index < -0.39 is 0 Å². The maximum absolute atomic E-state index is 12.3. The van der Waals surface area contributed by atoms with Crippen molar-refractivity contribution in [2.24, 2.45) is 0 Å². The van der Waals surface area contributed by atoms with Gasteiger partial charge in [0.15, 0.2) is 0 Å². The molecule has 0 aliphatic rings. The van der Waals surface area contributed by atoms with Crippen LogP contribution in [0.2, 0.25) is 5.02 Å². The van der Waals surface area contributed by atoms with Crippen LogP contribution in [-0.4, -0.2) is 35.4 Å². The first-order valence-corrected chi connectivity index (χ1v) is 8.39. The molecule has 0 saturated carbocycles. The quantitative estimate of drug-likeness (QED) is 0.809. The summed E-state index contributed by atoms with van der Waals surface area (Å²) in [6.07, 6.45) is 1.42. The standard InChI is InChI=1S/C18H22ClN3O2/c1-3-22(4-2)16(13-5-8-15(19)9-6-13)12-21-18(24)14-7-10-17(23)20-11-14/h5-11,16H,3-4,12H2,1-2H3,(H,20,23)(H,21,24). The number of amides is 1. The van der Waals surface area contributed by atoms with Crippen LogP contribution in [0.4, 0.5) is 0 Å². The molecule has 0 aliphatic carbocycles. The van der Waals surface area contributed by atoms with Crippen molar-refractivity contribution in [1.82, 2.24) is 15.2 Å². The highest BCUT2D eigenvalue weighted by molar-refractivity contribution is 6.30. The summed E-state index contributed by atoms with van der Waals surface area (Å²) in [5, 5.41) is 3.63. The maximum atomic E-state index is 12.3. The van der Waals surface area contributed by atoms with Crippen LogP contribution < -0.4 is 10.9 Å². The number of rotatable bonds is 7. The molecule has 1 aromatic carbocycles. The van der Waals surface area contributed by atoms with Gasteiger partial charge in [0.1, 0.15) is 0 Å².